The first kappa shape index (κ1) is 23.4. The van der Waals surface area contributed by atoms with Gasteiger partial charge in [0.25, 0.3) is 0 Å². The Morgan fingerprint density at radius 2 is 1.21 bits per heavy atom. The molecule has 24 heavy (non-hydrogen) atoms. The molecule has 3 nitrogen and oxygen atoms in total. The molecule has 1 amide bonds. The normalized spacial score (nSPS) is 11.2. The number of unbranched alkanes of at least 4 members (excludes halogenated alkanes) is 12. The largest absolute Gasteiger partial charge is 0.356 e. The van der Waals surface area contributed by atoms with Crippen molar-refractivity contribution in [3.8, 4) is 0 Å². The van der Waals surface area contributed by atoms with Crippen LogP contribution in [0.3, 0.4) is 0 Å². The predicted octanol–water partition coefficient (Wildman–Crippen LogP) is 5.54. The van der Waals surface area contributed by atoms with Crippen LogP contribution >= 0.6 is 0 Å². The van der Waals surface area contributed by atoms with Crippen LogP contribution in [0.4, 0.5) is 0 Å². The molecule has 0 fully saturated rings. The molecule has 1 N–H and O–H groups in total. The summed E-state index contributed by atoms with van der Waals surface area (Å²) >= 11 is 0. The maximum absolute atomic E-state index is 11.7. The van der Waals surface area contributed by atoms with Gasteiger partial charge in [0.1, 0.15) is 0 Å². The van der Waals surface area contributed by atoms with Gasteiger partial charge >= 0.3 is 0 Å². The van der Waals surface area contributed by atoms with E-state index in [1.54, 1.807) is 0 Å². The molecule has 0 saturated carbocycles. The van der Waals surface area contributed by atoms with Crippen molar-refractivity contribution in [2.75, 3.05) is 27.2 Å². The Morgan fingerprint density at radius 3 is 1.71 bits per heavy atom. The van der Waals surface area contributed by atoms with Crippen LogP contribution in [0.2, 0.25) is 0 Å². The number of nitrogens with one attached hydrogen (secondary N) is 1. The summed E-state index contributed by atoms with van der Waals surface area (Å²) in [5.74, 6) is 0.243. The number of hydrogen-bond acceptors (Lipinski definition) is 2. The Bertz CT molecular complexity index is 267. The van der Waals surface area contributed by atoms with Gasteiger partial charge in [-0.15, -0.1) is 0 Å². The van der Waals surface area contributed by atoms with Crippen molar-refractivity contribution >= 4 is 5.91 Å². The van der Waals surface area contributed by atoms with Crippen LogP contribution in [0.5, 0.6) is 0 Å². The maximum atomic E-state index is 11.7. The molecule has 0 heterocycles. The Morgan fingerprint density at radius 1 is 0.708 bits per heavy atom. The predicted molar refractivity (Wildman–Crippen MR) is 106 cm³/mol. The molecule has 0 aromatic rings. The molecule has 0 radical (unpaired) electrons. The van der Waals surface area contributed by atoms with Crippen LogP contribution in [-0.2, 0) is 4.79 Å². The number of amides is 1. The lowest BCUT2D eigenvalue weighted by molar-refractivity contribution is -0.121. The van der Waals surface area contributed by atoms with E-state index in [-0.39, 0.29) is 5.91 Å². The van der Waals surface area contributed by atoms with E-state index in [1.807, 2.05) is 0 Å². The minimum atomic E-state index is 0.243. The van der Waals surface area contributed by atoms with Gasteiger partial charge in [-0.1, -0.05) is 77.6 Å². The lowest BCUT2D eigenvalue weighted by atomic mass is 10.0. The van der Waals surface area contributed by atoms with Crippen molar-refractivity contribution in [2.24, 2.45) is 0 Å². The Kier molecular flexibility index (Phi) is 18.3. The van der Waals surface area contributed by atoms with Gasteiger partial charge in [0.05, 0.1) is 0 Å². The van der Waals surface area contributed by atoms with Crippen LogP contribution in [0.15, 0.2) is 0 Å². The van der Waals surface area contributed by atoms with E-state index >= 15 is 0 Å². The lowest BCUT2D eigenvalue weighted by Gasteiger charge is -2.09. The van der Waals surface area contributed by atoms with Crippen LogP contribution < -0.4 is 5.32 Å². The van der Waals surface area contributed by atoms with Crippen LogP contribution in [-0.4, -0.2) is 38.0 Å². The highest BCUT2D eigenvalue weighted by molar-refractivity contribution is 5.75. The smallest absolute Gasteiger partial charge is 0.219 e. The fraction of sp³-hybridized carbons (Fsp3) is 0.952. The minimum Gasteiger partial charge on any atom is -0.356 e. The number of hydrogen-bond donors (Lipinski definition) is 1. The molecule has 0 aromatic heterocycles. The molecule has 0 atom stereocenters. The molecular weight excluding hydrogens is 296 g/mol. The van der Waals surface area contributed by atoms with Crippen molar-refractivity contribution in [1.29, 1.82) is 0 Å². The van der Waals surface area contributed by atoms with Gasteiger partial charge in [-0.25, -0.2) is 0 Å². The van der Waals surface area contributed by atoms with E-state index in [0.717, 1.165) is 32.4 Å². The summed E-state index contributed by atoms with van der Waals surface area (Å²) in [6, 6.07) is 0. The van der Waals surface area contributed by atoms with E-state index in [9.17, 15) is 4.79 Å². The second-order valence-corrected chi connectivity index (χ2v) is 7.50. The van der Waals surface area contributed by atoms with Crippen molar-refractivity contribution in [2.45, 2.75) is 103 Å². The summed E-state index contributed by atoms with van der Waals surface area (Å²) in [5, 5.41) is 3.04. The minimum absolute atomic E-state index is 0.243. The first-order valence-corrected chi connectivity index (χ1v) is 10.6. The molecule has 144 valence electrons. The average Bonchev–Trinajstić information content (AvgIpc) is 2.55. The molecule has 0 unspecified atom stereocenters. The maximum Gasteiger partial charge on any atom is 0.219 e. The van der Waals surface area contributed by atoms with Crippen LogP contribution in [0, 0.1) is 0 Å². The van der Waals surface area contributed by atoms with Gasteiger partial charge in [0.15, 0.2) is 0 Å². The molecular formula is C21H44N2O. The summed E-state index contributed by atoms with van der Waals surface area (Å²) in [6.07, 6.45) is 19.1. The highest BCUT2D eigenvalue weighted by Crippen LogP contribution is 2.12. The average molecular weight is 341 g/mol. The van der Waals surface area contributed by atoms with Gasteiger partial charge in [-0.05, 0) is 39.9 Å². The number of carbonyl (C=O) groups excluding carboxylic acids is 1. The summed E-state index contributed by atoms with van der Waals surface area (Å²) in [5.41, 5.74) is 0. The molecule has 0 aromatic carbocycles. The highest BCUT2D eigenvalue weighted by Gasteiger charge is 2.00. The van der Waals surface area contributed by atoms with E-state index in [1.165, 1.54) is 70.6 Å². The van der Waals surface area contributed by atoms with E-state index < -0.39 is 0 Å². The third kappa shape index (κ3) is 19.5. The molecule has 0 spiro atoms. The Hall–Kier alpha value is -0.570. The van der Waals surface area contributed by atoms with Gasteiger partial charge in [0.2, 0.25) is 5.91 Å². The van der Waals surface area contributed by atoms with E-state index in [2.05, 4.69) is 31.2 Å². The summed E-state index contributed by atoms with van der Waals surface area (Å²) < 4.78 is 0. The topological polar surface area (TPSA) is 32.3 Å². The van der Waals surface area contributed by atoms with Gasteiger partial charge < -0.3 is 10.2 Å². The van der Waals surface area contributed by atoms with Crippen LogP contribution in [0.1, 0.15) is 103 Å². The zero-order chi connectivity index (χ0) is 17.9. The summed E-state index contributed by atoms with van der Waals surface area (Å²) in [4.78, 5) is 13.9. The van der Waals surface area contributed by atoms with Gasteiger partial charge in [0, 0.05) is 13.0 Å². The monoisotopic (exact) mass is 340 g/mol. The fourth-order valence-electron chi connectivity index (χ4n) is 3.00. The lowest BCUT2D eigenvalue weighted by Crippen LogP contribution is -2.24. The highest BCUT2D eigenvalue weighted by atomic mass is 16.1. The second-order valence-electron chi connectivity index (χ2n) is 7.50. The van der Waals surface area contributed by atoms with Crippen molar-refractivity contribution < 1.29 is 4.79 Å². The SMILES string of the molecule is CCCCCCCCCCCCCCC(=O)NCCCCN(C)C. The van der Waals surface area contributed by atoms with E-state index in [0.29, 0.717) is 6.42 Å². The molecule has 0 aliphatic heterocycles. The zero-order valence-electron chi connectivity index (χ0n) is 16.9. The number of nitrogens with zero attached hydrogens (tertiary/aromatic N) is 1. The van der Waals surface area contributed by atoms with Crippen molar-refractivity contribution in [1.82, 2.24) is 10.2 Å². The quantitative estimate of drug-likeness (QED) is 0.332. The Labute approximate surface area is 152 Å². The number of carbonyl (C=O) groups is 1. The van der Waals surface area contributed by atoms with Gasteiger partial charge in [-0.2, -0.15) is 0 Å². The fourth-order valence-corrected chi connectivity index (χ4v) is 3.00. The summed E-state index contributed by atoms with van der Waals surface area (Å²) in [6.45, 7) is 4.22. The molecule has 0 rings (SSSR count). The van der Waals surface area contributed by atoms with Crippen LogP contribution in [0.25, 0.3) is 0 Å². The molecule has 0 saturated heterocycles. The molecule has 0 bridgehead atoms. The summed E-state index contributed by atoms with van der Waals surface area (Å²) in [7, 11) is 4.18. The first-order chi connectivity index (χ1) is 11.7. The van der Waals surface area contributed by atoms with Gasteiger partial charge in [-0.3, -0.25) is 4.79 Å². The third-order valence-corrected chi connectivity index (χ3v) is 4.61. The van der Waals surface area contributed by atoms with E-state index in [4.69, 9.17) is 0 Å². The van der Waals surface area contributed by atoms with Crippen molar-refractivity contribution in [3.05, 3.63) is 0 Å². The zero-order valence-corrected chi connectivity index (χ0v) is 16.9. The van der Waals surface area contributed by atoms with Crippen molar-refractivity contribution in [3.63, 3.8) is 0 Å². The second kappa shape index (κ2) is 18.8. The standard InChI is InChI=1S/C21H44N2O/c1-4-5-6-7-8-9-10-11-12-13-14-15-18-21(24)22-19-16-17-20-23(2)3/h4-20H2,1-3H3,(H,22,24). The molecule has 3 heteroatoms. The molecule has 0 aliphatic carbocycles. The molecule has 0 aliphatic rings. The number of rotatable bonds is 18. The first-order valence-electron chi connectivity index (χ1n) is 10.6. The third-order valence-electron chi connectivity index (χ3n) is 4.61. The Balaban J connectivity index is 3.14.